The molecule has 3 rings (SSSR count). The van der Waals surface area contributed by atoms with Gasteiger partial charge in [-0.3, -0.25) is 4.79 Å². The van der Waals surface area contributed by atoms with Crippen molar-refractivity contribution in [1.82, 2.24) is 0 Å². The fourth-order valence-electron chi connectivity index (χ4n) is 3.38. The first-order chi connectivity index (χ1) is 14.3. The molecule has 1 aliphatic heterocycles. The minimum Gasteiger partial charge on any atom is -0.478 e. The Labute approximate surface area is 176 Å². The summed E-state index contributed by atoms with van der Waals surface area (Å²) in [6.07, 6.45) is -2.78. The smallest absolute Gasteiger partial charge is 0.478 e. The van der Waals surface area contributed by atoms with Gasteiger partial charge in [0.15, 0.2) is 5.60 Å². The second kappa shape index (κ2) is 7.64. The van der Waals surface area contributed by atoms with Crippen LogP contribution in [0.3, 0.4) is 0 Å². The van der Waals surface area contributed by atoms with Crippen LogP contribution in [0.4, 0.5) is 18.9 Å². The maximum absolute atomic E-state index is 13.0. The molecule has 0 saturated heterocycles. The summed E-state index contributed by atoms with van der Waals surface area (Å²) in [5, 5.41) is 8.83. The highest BCUT2D eigenvalue weighted by Crippen LogP contribution is 2.44. The van der Waals surface area contributed by atoms with Crippen molar-refractivity contribution >= 4 is 23.6 Å². The van der Waals surface area contributed by atoms with Crippen LogP contribution in [0, 0.1) is 6.92 Å². The summed E-state index contributed by atoms with van der Waals surface area (Å²) in [5.41, 5.74) is 0.744. The molecule has 0 saturated carbocycles. The maximum Gasteiger partial charge on any atom is 0.573 e. The topological polar surface area (TPSA) is 76.1 Å². The van der Waals surface area contributed by atoms with Crippen LogP contribution in [0.1, 0.15) is 25.0 Å². The van der Waals surface area contributed by atoms with Gasteiger partial charge in [-0.15, -0.1) is 13.2 Å². The summed E-state index contributed by atoms with van der Waals surface area (Å²) in [6, 6.07) is 7.04. The molecule has 1 N–H and O–H groups in total. The van der Waals surface area contributed by atoms with Crippen LogP contribution < -0.4 is 14.4 Å². The predicted octanol–water partition coefficient (Wildman–Crippen LogP) is 4.79. The minimum absolute atomic E-state index is 0.0934. The number of carboxylic acid groups (broad SMARTS) is 1. The van der Waals surface area contributed by atoms with Crippen LogP contribution >= 0.6 is 0 Å². The zero-order chi connectivity index (χ0) is 23.1. The van der Waals surface area contributed by atoms with E-state index in [2.05, 4.69) is 4.74 Å². The first-order valence-corrected chi connectivity index (χ1v) is 9.21. The second-order valence-electron chi connectivity index (χ2n) is 7.59. The number of hydrogen-bond acceptors (Lipinski definition) is 4. The lowest BCUT2D eigenvalue weighted by Gasteiger charge is -2.37. The van der Waals surface area contributed by atoms with Gasteiger partial charge in [-0.05, 0) is 67.8 Å². The normalized spacial score (nSPS) is 15.6. The first kappa shape index (κ1) is 22.2. The maximum atomic E-state index is 13.0. The van der Waals surface area contributed by atoms with Crippen LogP contribution in [-0.4, -0.2) is 36.0 Å². The summed E-state index contributed by atoms with van der Waals surface area (Å²) < 4.78 is 48.9. The molecule has 1 heterocycles. The Hall–Kier alpha value is -3.49. The highest BCUT2D eigenvalue weighted by Gasteiger charge is 2.40. The Morgan fingerprint density at radius 1 is 1.19 bits per heavy atom. The van der Waals surface area contributed by atoms with Gasteiger partial charge in [0.05, 0.1) is 5.69 Å². The molecule has 164 valence electrons. The average Bonchev–Trinajstić information content (AvgIpc) is 2.64. The SMILES string of the molecule is Cc1cc2c(cc1-c1cc(/C=C/C(=O)O)ccc1OC(F)(F)F)N(C)C(=O)C(C)(C)O2. The first-order valence-electron chi connectivity index (χ1n) is 9.21. The molecule has 31 heavy (non-hydrogen) atoms. The Balaban J connectivity index is 2.19. The second-order valence-corrected chi connectivity index (χ2v) is 7.59. The van der Waals surface area contributed by atoms with Gasteiger partial charge in [-0.1, -0.05) is 6.07 Å². The van der Waals surface area contributed by atoms with Crippen LogP contribution in [0.25, 0.3) is 17.2 Å². The lowest BCUT2D eigenvalue weighted by Crippen LogP contribution is -2.50. The molecule has 0 unspecified atom stereocenters. The number of hydrogen-bond donors (Lipinski definition) is 1. The number of aryl methyl sites for hydroxylation is 1. The van der Waals surface area contributed by atoms with E-state index in [0.29, 0.717) is 28.1 Å². The zero-order valence-electron chi connectivity index (χ0n) is 17.2. The van der Waals surface area contributed by atoms with Crippen molar-refractivity contribution in [2.75, 3.05) is 11.9 Å². The van der Waals surface area contributed by atoms with Crippen molar-refractivity contribution in [3.8, 4) is 22.6 Å². The Morgan fingerprint density at radius 3 is 2.48 bits per heavy atom. The van der Waals surface area contributed by atoms with E-state index in [4.69, 9.17) is 9.84 Å². The number of likely N-dealkylation sites (N-methyl/N-ethyl adjacent to an activating group) is 1. The number of halogens is 3. The van der Waals surface area contributed by atoms with Crippen molar-refractivity contribution in [2.24, 2.45) is 0 Å². The fraction of sp³-hybridized carbons (Fsp3) is 0.273. The van der Waals surface area contributed by atoms with Crippen molar-refractivity contribution in [1.29, 1.82) is 0 Å². The number of alkyl halides is 3. The molecule has 0 aliphatic carbocycles. The third-order valence-corrected chi connectivity index (χ3v) is 4.79. The molecule has 2 aromatic carbocycles. The number of carbonyl (C=O) groups excluding carboxylic acids is 1. The van der Waals surface area contributed by atoms with E-state index >= 15 is 0 Å². The molecular weight excluding hydrogens is 415 g/mol. The predicted molar refractivity (Wildman–Crippen MR) is 108 cm³/mol. The molecule has 9 heteroatoms. The van der Waals surface area contributed by atoms with Crippen LogP contribution in [0.5, 0.6) is 11.5 Å². The van der Waals surface area contributed by atoms with Crippen LogP contribution in [0.15, 0.2) is 36.4 Å². The number of amides is 1. The Bertz CT molecular complexity index is 1090. The Kier molecular flexibility index (Phi) is 5.47. The summed E-state index contributed by atoms with van der Waals surface area (Å²) in [5.74, 6) is -1.52. The summed E-state index contributed by atoms with van der Waals surface area (Å²) in [4.78, 5) is 24.8. The average molecular weight is 435 g/mol. The van der Waals surface area contributed by atoms with Gasteiger partial charge < -0.3 is 19.5 Å². The van der Waals surface area contributed by atoms with Gasteiger partial charge in [0, 0.05) is 18.7 Å². The lowest BCUT2D eigenvalue weighted by molar-refractivity contribution is -0.274. The quantitative estimate of drug-likeness (QED) is 0.699. The van der Waals surface area contributed by atoms with Crippen LogP contribution in [-0.2, 0) is 9.59 Å². The van der Waals surface area contributed by atoms with E-state index < -0.39 is 23.7 Å². The monoisotopic (exact) mass is 435 g/mol. The van der Waals surface area contributed by atoms with Crippen LogP contribution in [0.2, 0.25) is 0 Å². The standard InChI is InChI=1S/C22H20F3NO5/c1-12-9-18-16(26(4)20(29)21(2,3)30-18)11-14(12)15-10-13(6-8-19(27)28)5-7-17(15)31-22(23,24)25/h5-11H,1-4H3,(H,27,28)/b8-6+. The minimum atomic E-state index is -4.92. The van der Waals surface area contributed by atoms with E-state index in [1.807, 2.05) is 0 Å². The number of nitrogens with zero attached hydrogens (tertiary/aromatic N) is 1. The van der Waals surface area contributed by atoms with Gasteiger partial charge >= 0.3 is 12.3 Å². The summed E-state index contributed by atoms with van der Waals surface area (Å²) >= 11 is 0. The van der Waals surface area contributed by atoms with Crippen molar-refractivity contribution < 1.29 is 37.3 Å². The molecule has 0 bridgehead atoms. The summed E-state index contributed by atoms with van der Waals surface area (Å²) in [6.45, 7) is 4.95. The Morgan fingerprint density at radius 2 is 1.87 bits per heavy atom. The number of aliphatic carboxylic acids is 1. The van der Waals surface area contributed by atoms with E-state index in [1.165, 1.54) is 23.1 Å². The van der Waals surface area contributed by atoms with E-state index in [9.17, 15) is 22.8 Å². The van der Waals surface area contributed by atoms with E-state index in [0.717, 1.165) is 12.1 Å². The number of carboxylic acids is 1. The largest absolute Gasteiger partial charge is 0.573 e. The number of benzene rings is 2. The highest BCUT2D eigenvalue weighted by atomic mass is 19.4. The highest BCUT2D eigenvalue weighted by molar-refractivity contribution is 6.03. The summed E-state index contributed by atoms with van der Waals surface area (Å²) in [7, 11) is 1.56. The van der Waals surface area contributed by atoms with Gasteiger partial charge in [0.25, 0.3) is 5.91 Å². The van der Waals surface area contributed by atoms with E-state index in [-0.39, 0.29) is 11.5 Å². The number of carbonyl (C=O) groups is 2. The molecular formula is C22H20F3NO5. The third kappa shape index (κ3) is 4.65. The van der Waals surface area contributed by atoms with Gasteiger partial charge in [-0.25, -0.2) is 4.79 Å². The molecule has 0 atom stereocenters. The number of ether oxygens (including phenoxy) is 2. The molecule has 2 aromatic rings. The molecule has 0 fully saturated rings. The lowest BCUT2D eigenvalue weighted by atomic mass is 9.95. The number of fused-ring (bicyclic) bond motifs is 1. The van der Waals surface area contributed by atoms with Gasteiger partial charge in [0.2, 0.25) is 0 Å². The van der Waals surface area contributed by atoms with Gasteiger partial charge in [0.1, 0.15) is 11.5 Å². The van der Waals surface area contributed by atoms with Crippen molar-refractivity contribution in [3.05, 3.63) is 47.5 Å². The van der Waals surface area contributed by atoms with Gasteiger partial charge in [-0.2, -0.15) is 0 Å². The molecule has 0 aromatic heterocycles. The molecule has 1 aliphatic rings. The molecule has 0 radical (unpaired) electrons. The molecule has 0 spiro atoms. The fourth-order valence-corrected chi connectivity index (χ4v) is 3.38. The number of rotatable bonds is 4. The zero-order valence-corrected chi connectivity index (χ0v) is 17.2. The molecule has 1 amide bonds. The third-order valence-electron chi connectivity index (χ3n) is 4.79. The van der Waals surface area contributed by atoms with E-state index in [1.54, 1.807) is 40.0 Å². The van der Waals surface area contributed by atoms with Crippen molar-refractivity contribution in [2.45, 2.75) is 32.7 Å². The number of anilines is 1. The molecule has 6 nitrogen and oxygen atoms in total. The van der Waals surface area contributed by atoms with Crippen molar-refractivity contribution in [3.63, 3.8) is 0 Å².